The maximum Gasteiger partial charge on any atom is 0.335 e. The number of amides is 1. The van der Waals surface area contributed by atoms with Crippen molar-refractivity contribution in [3.05, 3.63) is 65.2 Å². The summed E-state index contributed by atoms with van der Waals surface area (Å²) in [5.41, 5.74) is 2.13. The molecule has 0 unspecified atom stereocenters. The van der Waals surface area contributed by atoms with Crippen LogP contribution in [0.5, 0.6) is 5.75 Å². The van der Waals surface area contributed by atoms with Crippen LogP contribution in [0.1, 0.15) is 27.9 Å². The van der Waals surface area contributed by atoms with Crippen molar-refractivity contribution in [3.63, 3.8) is 0 Å². The van der Waals surface area contributed by atoms with E-state index < -0.39 is 5.97 Å². The molecule has 0 spiro atoms. The second-order valence-corrected chi connectivity index (χ2v) is 5.77. The van der Waals surface area contributed by atoms with Gasteiger partial charge in [-0.15, -0.1) is 0 Å². The first-order valence-electron chi connectivity index (χ1n) is 8.38. The summed E-state index contributed by atoms with van der Waals surface area (Å²) in [5, 5.41) is 11.8. The molecule has 0 heterocycles. The summed E-state index contributed by atoms with van der Waals surface area (Å²) in [6, 6.07) is 14.1. The van der Waals surface area contributed by atoms with Gasteiger partial charge in [-0.05, 0) is 41.8 Å². The summed E-state index contributed by atoms with van der Waals surface area (Å²) < 4.78 is 10.5. The van der Waals surface area contributed by atoms with Gasteiger partial charge in [-0.2, -0.15) is 0 Å². The predicted molar refractivity (Wildman–Crippen MR) is 97.4 cm³/mol. The van der Waals surface area contributed by atoms with Crippen molar-refractivity contribution in [1.82, 2.24) is 5.32 Å². The van der Waals surface area contributed by atoms with Gasteiger partial charge in [0.1, 0.15) is 12.4 Å². The maximum absolute atomic E-state index is 12.0. The Balaban J connectivity index is 1.76. The topological polar surface area (TPSA) is 84.9 Å². The van der Waals surface area contributed by atoms with Gasteiger partial charge in [0, 0.05) is 20.1 Å². The molecule has 0 aromatic heterocycles. The molecular formula is C20H23NO5. The molecule has 0 aliphatic rings. The van der Waals surface area contributed by atoms with Crippen LogP contribution in [0.4, 0.5) is 0 Å². The van der Waals surface area contributed by atoms with Crippen molar-refractivity contribution >= 4 is 11.9 Å². The monoisotopic (exact) mass is 357 g/mol. The van der Waals surface area contributed by atoms with E-state index in [1.807, 2.05) is 24.3 Å². The minimum atomic E-state index is -0.956. The molecule has 0 radical (unpaired) electrons. The molecule has 0 fully saturated rings. The minimum absolute atomic E-state index is 0.0574. The zero-order valence-electron chi connectivity index (χ0n) is 14.7. The highest BCUT2D eigenvalue weighted by Crippen LogP contribution is 2.13. The molecule has 2 N–H and O–H groups in total. The summed E-state index contributed by atoms with van der Waals surface area (Å²) >= 11 is 0. The molecule has 1 amide bonds. The summed E-state index contributed by atoms with van der Waals surface area (Å²) in [5.74, 6) is -0.270. The molecule has 2 rings (SSSR count). The number of rotatable bonds is 10. The van der Waals surface area contributed by atoms with Gasteiger partial charge in [0.15, 0.2) is 0 Å². The number of nitrogens with one attached hydrogen (secondary N) is 1. The first-order valence-corrected chi connectivity index (χ1v) is 8.38. The fourth-order valence-electron chi connectivity index (χ4n) is 2.35. The molecule has 0 bridgehead atoms. The Bertz CT molecular complexity index is 727. The Labute approximate surface area is 152 Å². The van der Waals surface area contributed by atoms with Gasteiger partial charge >= 0.3 is 5.97 Å². The fourth-order valence-corrected chi connectivity index (χ4v) is 2.35. The van der Waals surface area contributed by atoms with Crippen LogP contribution in [0.3, 0.4) is 0 Å². The lowest BCUT2D eigenvalue weighted by molar-refractivity contribution is -0.121. The number of hydrogen-bond donors (Lipinski definition) is 2. The molecule has 0 saturated carbocycles. The average molecular weight is 357 g/mol. The largest absolute Gasteiger partial charge is 0.491 e. The number of aryl methyl sites for hydroxylation is 1. The lowest BCUT2D eigenvalue weighted by Crippen LogP contribution is -2.23. The number of methoxy groups -OCH3 is 1. The fraction of sp³-hybridized carbons (Fsp3) is 0.300. The van der Waals surface area contributed by atoms with E-state index in [0.29, 0.717) is 32.6 Å². The SMILES string of the molecule is COCCOc1cccc(CNC(=O)CCc2ccc(C(=O)O)cc2)c1. The number of benzene rings is 2. The number of carboxylic acids is 1. The Morgan fingerprint density at radius 3 is 2.50 bits per heavy atom. The van der Waals surface area contributed by atoms with E-state index in [4.69, 9.17) is 14.6 Å². The average Bonchev–Trinajstić information content (AvgIpc) is 2.65. The highest BCUT2D eigenvalue weighted by molar-refractivity contribution is 5.87. The Kier molecular flexibility index (Phi) is 7.64. The molecule has 0 aliphatic carbocycles. The van der Waals surface area contributed by atoms with Gasteiger partial charge in [-0.25, -0.2) is 4.79 Å². The van der Waals surface area contributed by atoms with Crippen LogP contribution in [-0.4, -0.2) is 37.3 Å². The molecule has 2 aromatic rings. The zero-order valence-corrected chi connectivity index (χ0v) is 14.7. The number of ether oxygens (including phenoxy) is 2. The number of carboxylic acid groups (broad SMARTS) is 1. The van der Waals surface area contributed by atoms with Gasteiger partial charge < -0.3 is 19.9 Å². The Morgan fingerprint density at radius 2 is 1.81 bits per heavy atom. The number of carbonyl (C=O) groups excluding carboxylic acids is 1. The number of aromatic carboxylic acids is 1. The van der Waals surface area contributed by atoms with Crippen LogP contribution in [0.15, 0.2) is 48.5 Å². The molecular weight excluding hydrogens is 334 g/mol. The summed E-state index contributed by atoms with van der Waals surface area (Å²) in [4.78, 5) is 22.8. The quantitative estimate of drug-likeness (QED) is 0.639. The van der Waals surface area contributed by atoms with Crippen LogP contribution in [0.2, 0.25) is 0 Å². The molecule has 26 heavy (non-hydrogen) atoms. The van der Waals surface area contributed by atoms with Gasteiger partial charge in [0.05, 0.1) is 12.2 Å². The van der Waals surface area contributed by atoms with Crippen LogP contribution < -0.4 is 10.1 Å². The third-order valence-electron chi connectivity index (χ3n) is 3.79. The molecule has 138 valence electrons. The lowest BCUT2D eigenvalue weighted by Gasteiger charge is -2.09. The lowest BCUT2D eigenvalue weighted by atomic mass is 10.1. The molecule has 2 aromatic carbocycles. The molecule has 0 atom stereocenters. The van der Waals surface area contributed by atoms with Crippen LogP contribution in [0.25, 0.3) is 0 Å². The summed E-state index contributed by atoms with van der Waals surface area (Å²) in [7, 11) is 1.62. The smallest absolute Gasteiger partial charge is 0.335 e. The van der Waals surface area contributed by atoms with E-state index >= 15 is 0 Å². The van der Waals surface area contributed by atoms with E-state index in [1.54, 1.807) is 31.4 Å². The van der Waals surface area contributed by atoms with Crippen molar-refractivity contribution in [2.24, 2.45) is 0 Å². The van der Waals surface area contributed by atoms with Crippen molar-refractivity contribution in [3.8, 4) is 5.75 Å². The van der Waals surface area contributed by atoms with Crippen molar-refractivity contribution in [2.75, 3.05) is 20.3 Å². The second-order valence-electron chi connectivity index (χ2n) is 5.77. The molecule has 0 saturated heterocycles. The maximum atomic E-state index is 12.0. The first-order chi connectivity index (χ1) is 12.6. The van der Waals surface area contributed by atoms with Crippen molar-refractivity contribution < 1.29 is 24.2 Å². The van der Waals surface area contributed by atoms with Gasteiger partial charge in [-0.3, -0.25) is 4.79 Å². The van der Waals surface area contributed by atoms with E-state index in [1.165, 1.54) is 0 Å². The van der Waals surface area contributed by atoms with E-state index in [2.05, 4.69) is 5.32 Å². The third kappa shape index (κ3) is 6.57. The molecule has 6 heteroatoms. The predicted octanol–water partition coefficient (Wildman–Crippen LogP) is 2.66. The van der Waals surface area contributed by atoms with Crippen molar-refractivity contribution in [1.29, 1.82) is 0 Å². The van der Waals surface area contributed by atoms with E-state index in [9.17, 15) is 9.59 Å². The van der Waals surface area contributed by atoms with Crippen LogP contribution in [0, 0.1) is 0 Å². The van der Waals surface area contributed by atoms with Crippen LogP contribution in [-0.2, 0) is 22.5 Å². The highest BCUT2D eigenvalue weighted by Gasteiger charge is 2.05. The molecule has 6 nitrogen and oxygen atoms in total. The second kappa shape index (κ2) is 10.2. The summed E-state index contributed by atoms with van der Waals surface area (Å²) in [6.07, 6.45) is 0.905. The minimum Gasteiger partial charge on any atom is -0.491 e. The third-order valence-corrected chi connectivity index (χ3v) is 3.79. The zero-order chi connectivity index (χ0) is 18.8. The summed E-state index contributed by atoms with van der Waals surface area (Å²) in [6.45, 7) is 1.43. The van der Waals surface area contributed by atoms with Crippen LogP contribution >= 0.6 is 0 Å². The molecule has 0 aliphatic heterocycles. The van der Waals surface area contributed by atoms with Gasteiger partial charge in [0.2, 0.25) is 5.91 Å². The normalized spacial score (nSPS) is 10.3. The van der Waals surface area contributed by atoms with Crippen molar-refractivity contribution in [2.45, 2.75) is 19.4 Å². The standard InChI is InChI=1S/C20H23NO5/c1-25-11-12-26-18-4-2-3-16(13-18)14-21-19(22)10-7-15-5-8-17(9-6-15)20(23)24/h2-6,8-9,13H,7,10-12,14H2,1H3,(H,21,22)(H,23,24). The Hall–Kier alpha value is -2.86. The van der Waals surface area contributed by atoms with E-state index in [-0.39, 0.29) is 11.5 Å². The highest BCUT2D eigenvalue weighted by atomic mass is 16.5. The van der Waals surface area contributed by atoms with Gasteiger partial charge in [0.25, 0.3) is 0 Å². The number of hydrogen-bond acceptors (Lipinski definition) is 4. The van der Waals surface area contributed by atoms with Gasteiger partial charge in [-0.1, -0.05) is 24.3 Å². The van der Waals surface area contributed by atoms with E-state index in [0.717, 1.165) is 16.9 Å². The first kappa shape index (κ1) is 19.5. The number of carbonyl (C=O) groups is 2. The Morgan fingerprint density at radius 1 is 1.04 bits per heavy atom.